The van der Waals surface area contributed by atoms with Crippen molar-refractivity contribution in [3.63, 3.8) is 0 Å². The quantitative estimate of drug-likeness (QED) is 0.367. The Morgan fingerprint density at radius 3 is 2.48 bits per heavy atom. The summed E-state index contributed by atoms with van der Waals surface area (Å²) < 4.78 is 0. The molecule has 0 fully saturated rings. The lowest BCUT2D eigenvalue weighted by molar-refractivity contribution is -0.132. The number of aromatic hydroxyl groups is 1. The van der Waals surface area contributed by atoms with Gasteiger partial charge >= 0.3 is 12.0 Å². The van der Waals surface area contributed by atoms with Crippen LogP contribution >= 0.6 is 0 Å². The number of aliphatic carboxylic acids is 1. The molecule has 2 aromatic carbocycles. The van der Waals surface area contributed by atoms with Gasteiger partial charge in [-0.05, 0) is 36.6 Å². The monoisotopic (exact) mass is 340 g/mol. The molecule has 0 radical (unpaired) electrons. The van der Waals surface area contributed by atoms with Crippen molar-refractivity contribution < 1.29 is 19.8 Å². The van der Waals surface area contributed by atoms with Crippen LogP contribution in [0, 0.1) is 0 Å². The maximum absolute atomic E-state index is 11.9. The molecule has 0 aromatic heterocycles. The number of amides is 2. The van der Waals surface area contributed by atoms with E-state index in [-0.39, 0.29) is 17.9 Å². The van der Waals surface area contributed by atoms with Crippen LogP contribution in [-0.4, -0.2) is 28.8 Å². The minimum atomic E-state index is -0.980. The first kappa shape index (κ1) is 18.1. The predicted molar refractivity (Wildman–Crippen MR) is 96.6 cm³/mol. The van der Waals surface area contributed by atoms with Gasteiger partial charge in [0.25, 0.3) is 0 Å². The summed E-state index contributed by atoms with van der Waals surface area (Å²) >= 11 is 0. The third-order valence-electron chi connectivity index (χ3n) is 3.57. The van der Waals surface area contributed by atoms with Gasteiger partial charge in [0.2, 0.25) is 0 Å². The van der Waals surface area contributed by atoms with Crippen LogP contribution in [0.1, 0.15) is 13.3 Å². The van der Waals surface area contributed by atoms with Crippen molar-refractivity contribution in [2.24, 2.45) is 0 Å². The molecule has 0 bridgehead atoms. The molecule has 0 saturated carbocycles. The molecule has 0 heterocycles. The number of carboxylic acids is 1. The van der Waals surface area contributed by atoms with E-state index in [0.717, 1.165) is 11.1 Å². The number of anilines is 1. The highest BCUT2D eigenvalue weighted by Gasteiger charge is 2.08. The van der Waals surface area contributed by atoms with E-state index < -0.39 is 12.0 Å². The molecule has 0 saturated heterocycles. The zero-order valence-corrected chi connectivity index (χ0v) is 13.8. The molecule has 25 heavy (non-hydrogen) atoms. The largest absolute Gasteiger partial charge is 0.506 e. The number of carbonyl (C=O) groups is 2. The highest BCUT2D eigenvalue weighted by atomic mass is 16.4. The Morgan fingerprint density at radius 2 is 1.80 bits per heavy atom. The molecule has 0 unspecified atom stereocenters. The van der Waals surface area contributed by atoms with Crippen LogP contribution in [0.5, 0.6) is 5.75 Å². The number of hydrogen-bond donors (Lipinski definition) is 4. The van der Waals surface area contributed by atoms with Gasteiger partial charge in [-0.2, -0.15) is 0 Å². The second-order valence-electron chi connectivity index (χ2n) is 5.46. The molecule has 0 aliphatic heterocycles. The van der Waals surface area contributed by atoms with Crippen molar-refractivity contribution in [2.75, 3.05) is 11.9 Å². The second kappa shape index (κ2) is 8.54. The van der Waals surface area contributed by atoms with Gasteiger partial charge in [-0.15, -0.1) is 0 Å². The molecule has 6 nitrogen and oxygen atoms in total. The number of carbonyl (C=O) groups excluding carboxylic acids is 1. The van der Waals surface area contributed by atoms with Crippen LogP contribution in [0.4, 0.5) is 10.5 Å². The zero-order chi connectivity index (χ0) is 18.2. The Labute approximate surface area is 145 Å². The number of hydrogen-bond acceptors (Lipinski definition) is 3. The summed E-state index contributed by atoms with van der Waals surface area (Å²) in [4.78, 5) is 22.6. The minimum absolute atomic E-state index is 0.0311. The standard InChI is InChI=1S/C19H20N2O4/c1-13(18(23)24)6-5-11-20-19(25)21-16-12-15(9-10-17(16)22)14-7-3-2-4-8-14/h2-4,6-10,12,22H,5,11H2,1H3,(H,23,24)(H2,20,21,25)/b13-6+. The maximum atomic E-state index is 11.9. The topological polar surface area (TPSA) is 98.7 Å². The minimum Gasteiger partial charge on any atom is -0.506 e. The van der Waals surface area contributed by atoms with Gasteiger partial charge in [-0.25, -0.2) is 9.59 Å². The van der Waals surface area contributed by atoms with Crippen LogP contribution in [-0.2, 0) is 4.79 Å². The normalized spacial score (nSPS) is 11.0. The first-order chi connectivity index (χ1) is 12.0. The van der Waals surface area contributed by atoms with Crippen LogP contribution in [0.15, 0.2) is 60.2 Å². The highest BCUT2D eigenvalue weighted by molar-refractivity contribution is 5.92. The number of urea groups is 1. The van der Waals surface area contributed by atoms with E-state index in [4.69, 9.17) is 5.11 Å². The van der Waals surface area contributed by atoms with E-state index in [1.54, 1.807) is 12.1 Å². The molecule has 2 rings (SSSR count). The molecule has 2 amide bonds. The lowest BCUT2D eigenvalue weighted by atomic mass is 10.0. The SMILES string of the molecule is C/C(=C\CCNC(=O)Nc1cc(-c2ccccc2)ccc1O)C(=O)O. The second-order valence-corrected chi connectivity index (χ2v) is 5.46. The molecule has 0 atom stereocenters. The lowest BCUT2D eigenvalue weighted by Crippen LogP contribution is -2.29. The van der Waals surface area contributed by atoms with Crippen LogP contribution in [0.25, 0.3) is 11.1 Å². The molecular weight excluding hydrogens is 320 g/mol. The fraction of sp³-hybridized carbons (Fsp3) is 0.158. The number of benzene rings is 2. The van der Waals surface area contributed by atoms with E-state index in [0.29, 0.717) is 12.1 Å². The number of phenols is 1. The van der Waals surface area contributed by atoms with E-state index in [1.807, 2.05) is 30.3 Å². The Hall–Kier alpha value is -3.28. The van der Waals surface area contributed by atoms with Gasteiger partial charge in [0.05, 0.1) is 5.69 Å². The summed E-state index contributed by atoms with van der Waals surface area (Å²) in [5, 5.41) is 23.9. The van der Waals surface area contributed by atoms with Gasteiger partial charge < -0.3 is 20.8 Å². The van der Waals surface area contributed by atoms with Crippen LogP contribution in [0.3, 0.4) is 0 Å². The van der Waals surface area contributed by atoms with E-state index in [2.05, 4.69) is 10.6 Å². The fourth-order valence-corrected chi connectivity index (χ4v) is 2.17. The van der Waals surface area contributed by atoms with Crippen molar-refractivity contribution in [1.82, 2.24) is 5.32 Å². The first-order valence-electron chi connectivity index (χ1n) is 7.80. The predicted octanol–water partition coefficient (Wildman–Crippen LogP) is 3.60. The van der Waals surface area contributed by atoms with Gasteiger partial charge in [0, 0.05) is 12.1 Å². The van der Waals surface area contributed by atoms with Gasteiger partial charge in [-0.3, -0.25) is 0 Å². The third kappa shape index (κ3) is 5.39. The van der Waals surface area contributed by atoms with Crippen molar-refractivity contribution in [1.29, 1.82) is 0 Å². The average Bonchev–Trinajstić information content (AvgIpc) is 2.61. The zero-order valence-electron chi connectivity index (χ0n) is 13.8. The van der Waals surface area contributed by atoms with E-state index in [9.17, 15) is 14.7 Å². The summed E-state index contributed by atoms with van der Waals surface area (Å²) in [5.74, 6) is -1.01. The molecular formula is C19H20N2O4. The Morgan fingerprint density at radius 1 is 1.08 bits per heavy atom. The number of carboxylic acid groups (broad SMARTS) is 1. The summed E-state index contributed by atoms with van der Waals surface area (Å²) in [5.41, 5.74) is 2.38. The Kier molecular flexibility index (Phi) is 6.17. The molecule has 2 aromatic rings. The van der Waals surface area contributed by atoms with Gasteiger partial charge in [0.1, 0.15) is 5.75 Å². The van der Waals surface area contributed by atoms with Crippen molar-refractivity contribution in [3.05, 3.63) is 60.2 Å². The van der Waals surface area contributed by atoms with Crippen molar-refractivity contribution >= 4 is 17.7 Å². The fourth-order valence-electron chi connectivity index (χ4n) is 2.17. The third-order valence-corrected chi connectivity index (χ3v) is 3.57. The lowest BCUT2D eigenvalue weighted by Gasteiger charge is -2.10. The van der Waals surface area contributed by atoms with Crippen molar-refractivity contribution in [2.45, 2.75) is 13.3 Å². The van der Waals surface area contributed by atoms with Crippen molar-refractivity contribution in [3.8, 4) is 16.9 Å². The Bertz CT molecular complexity index is 785. The highest BCUT2D eigenvalue weighted by Crippen LogP contribution is 2.29. The van der Waals surface area contributed by atoms with Gasteiger partial charge in [0.15, 0.2) is 0 Å². The summed E-state index contributed by atoms with van der Waals surface area (Å²) in [7, 11) is 0. The molecule has 4 N–H and O–H groups in total. The molecule has 0 aliphatic rings. The average molecular weight is 340 g/mol. The molecule has 130 valence electrons. The van der Waals surface area contributed by atoms with Gasteiger partial charge in [-0.1, -0.05) is 42.5 Å². The van der Waals surface area contributed by atoms with E-state index >= 15 is 0 Å². The maximum Gasteiger partial charge on any atom is 0.330 e. The molecule has 0 spiro atoms. The number of phenolic OH excluding ortho intramolecular Hbond substituents is 1. The number of nitrogens with one attached hydrogen (secondary N) is 2. The van der Waals surface area contributed by atoms with Crippen LogP contribution < -0.4 is 10.6 Å². The van der Waals surface area contributed by atoms with E-state index in [1.165, 1.54) is 19.1 Å². The summed E-state index contributed by atoms with van der Waals surface area (Å²) in [6.45, 7) is 1.78. The smallest absolute Gasteiger partial charge is 0.330 e. The molecule has 0 aliphatic carbocycles. The molecule has 6 heteroatoms. The summed E-state index contributed by atoms with van der Waals surface area (Å²) in [6, 6.07) is 14.1. The Balaban J connectivity index is 1.96. The summed E-state index contributed by atoms with van der Waals surface area (Å²) in [6.07, 6.45) is 1.94. The van der Waals surface area contributed by atoms with Crippen LogP contribution in [0.2, 0.25) is 0 Å². The number of rotatable bonds is 6. The first-order valence-corrected chi connectivity index (χ1v) is 7.80.